The number of ether oxygens (including phenoxy) is 1. The van der Waals surface area contributed by atoms with Crippen LogP contribution in [0.1, 0.15) is 24.8 Å². The van der Waals surface area contributed by atoms with E-state index in [4.69, 9.17) is 21.6 Å². The molecule has 0 bridgehead atoms. The van der Waals surface area contributed by atoms with Gasteiger partial charge in [0.05, 0.1) is 17.4 Å². The molecule has 0 heterocycles. The average Bonchev–Trinajstić information content (AvgIpc) is 3.14. The summed E-state index contributed by atoms with van der Waals surface area (Å²) < 4.78 is 18.7. The standard InChI is InChI=1S/C22H26FN5O2/c1-27-22(28-15-6-7-16(29)12-15)19(21(25)26)20(24)13-2-8-17(9-3-13)30-18-10-4-14(23)5-11-18/h2-5,8-11,15-16,29H,6-7,12,24H2,1H3,(H3,25,26)(H,27,28). The van der Waals surface area contributed by atoms with Gasteiger partial charge in [0.1, 0.15) is 29.0 Å². The fourth-order valence-electron chi connectivity index (χ4n) is 3.42. The molecule has 158 valence electrons. The molecule has 8 heteroatoms. The Kier molecular flexibility index (Phi) is 6.68. The van der Waals surface area contributed by atoms with Gasteiger partial charge in [0.2, 0.25) is 0 Å². The van der Waals surface area contributed by atoms with Crippen molar-refractivity contribution in [3.05, 3.63) is 65.5 Å². The first-order chi connectivity index (χ1) is 14.4. The number of aliphatic imine (C=N–C) groups is 1. The van der Waals surface area contributed by atoms with Crippen LogP contribution in [0.3, 0.4) is 0 Å². The second-order valence-electron chi connectivity index (χ2n) is 7.16. The van der Waals surface area contributed by atoms with Gasteiger partial charge in [-0.2, -0.15) is 0 Å². The number of nitrogens with zero attached hydrogens (tertiary/aromatic N) is 1. The molecule has 1 aliphatic carbocycles. The van der Waals surface area contributed by atoms with Crippen LogP contribution in [0.5, 0.6) is 11.5 Å². The number of hydrogen-bond acceptors (Lipinski definition) is 5. The molecule has 7 nitrogen and oxygen atoms in total. The van der Waals surface area contributed by atoms with E-state index in [1.807, 2.05) is 0 Å². The molecule has 2 unspecified atom stereocenters. The van der Waals surface area contributed by atoms with Crippen LogP contribution in [0.4, 0.5) is 4.39 Å². The van der Waals surface area contributed by atoms with Crippen LogP contribution < -0.4 is 21.5 Å². The molecule has 1 fully saturated rings. The lowest BCUT2D eigenvalue weighted by atomic mass is 10.0. The van der Waals surface area contributed by atoms with E-state index in [1.165, 1.54) is 12.1 Å². The molecule has 0 radical (unpaired) electrons. The minimum atomic E-state index is -0.337. The monoisotopic (exact) mass is 411 g/mol. The zero-order valence-corrected chi connectivity index (χ0v) is 16.7. The molecule has 7 N–H and O–H groups in total. The molecule has 2 atom stereocenters. The number of nitrogens with two attached hydrogens (primary N) is 2. The number of rotatable bonds is 6. The molecule has 0 saturated heterocycles. The van der Waals surface area contributed by atoms with Crippen LogP contribution in [-0.4, -0.2) is 36.0 Å². The molecular weight excluding hydrogens is 385 g/mol. The maximum atomic E-state index is 13.0. The van der Waals surface area contributed by atoms with Crippen LogP contribution in [0.25, 0.3) is 5.70 Å². The Morgan fingerprint density at radius 3 is 2.20 bits per heavy atom. The first kappa shape index (κ1) is 21.3. The van der Waals surface area contributed by atoms with Crippen molar-refractivity contribution in [1.29, 1.82) is 5.41 Å². The average molecular weight is 411 g/mol. The summed E-state index contributed by atoms with van der Waals surface area (Å²) in [6.07, 6.45) is 1.80. The topological polar surface area (TPSA) is 130 Å². The van der Waals surface area contributed by atoms with E-state index in [-0.39, 0.29) is 23.8 Å². The fraction of sp³-hybridized carbons (Fsp3) is 0.273. The Labute approximate surface area is 174 Å². The summed E-state index contributed by atoms with van der Waals surface area (Å²) in [7, 11) is 1.60. The van der Waals surface area contributed by atoms with Crippen LogP contribution in [-0.2, 0) is 0 Å². The molecule has 0 aromatic heterocycles. The number of aliphatic hydroxyl groups is 1. The van der Waals surface area contributed by atoms with E-state index in [0.29, 0.717) is 40.6 Å². The van der Waals surface area contributed by atoms with Gasteiger partial charge in [-0.3, -0.25) is 10.4 Å². The van der Waals surface area contributed by atoms with Gasteiger partial charge in [0, 0.05) is 13.1 Å². The second kappa shape index (κ2) is 9.41. The lowest BCUT2D eigenvalue weighted by Crippen LogP contribution is -2.39. The summed E-state index contributed by atoms with van der Waals surface area (Å²) in [4.78, 5) is 4.24. The Morgan fingerprint density at radius 2 is 1.70 bits per heavy atom. The van der Waals surface area contributed by atoms with Gasteiger partial charge < -0.3 is 26.6 Å². The van der Waals surface area contributed by atoms with Crippen LogP contribution >= 0.6 is 0 Å². The second-order valence-corrected chi connectivity index (χ2v) is 7.16. The molecule has 2 aromatic rings. The predicted molar refractivity (Wildman–Crippen MR) is 116 cm³/mol. The fourth-order valence-corrected chi connectivity index (χ4v) is 3.42. The Bertz CT molecular complexity index is 954. The molecule has 2 aromatic carbocycles. The maximum absolute atomic E-state index is 13.0. The van der Waals surface area contributed by atoms with Crippen LogP contribution in [0.15, 0.2) is 59.1 Å². The van der Waals surface area contributed by atoms with Gasteiger partial charge in [0.25, 0.3) is 0 Å². The van der Waals surface area contributed by atoms with Gasteiger partial charge in [-0.25, -0.2) is 4.39 Å². The third kappa shape index (κ3) is 5.15. The minimum Gasteiger partial charge on any atom is -0.457 e. The van der Waals surface area contributed by atoms with Crippen molar-refractivity contribution in [3.63, 3.8) is 0 Å². The molecule has 1 aliphatic rings. The van der Waals surface area contributed by atoms with E-state index >= 15 is 0 Å². The number of nitrogens with one attached hydrogen (secondary N) is 2. The highest BCUT2D eigenvalue weighted by molar-refractivity contribution is 6.25. The highest BCUT2D eigenvalue weighted by Crippen LogP contribution is 2.25. The first-order valence-corrected chi connectivity index (χ1v) is 9.67. The lowest BCUT2D eigenvalue weighted by molar-refractivity contribution is 0.180. The SMILES string of the molecule is CN=C(NC1CCC(O)C1)C(C(=N)N)=C(N)c1ccc(Oc2ccc(F)cc2)cc1. The van der Waals surface area contributed by atoms with E-state index in [1.54, 1.807) is 43.4 Å². The van der Waals surface area contributed by atoms with E-state index in [0.717, 1.165) is 12.8 Å². The van der Waals surface area contributed by atoms with E-state index < -0.39 is 0 Å². The third-order valence-corrected chi connectivity index (χ3v) is 4.96. The van der Waals surface area contributed by atoms with Crippen molar-refractivity contribution in [2.75, 3.05) is 7.05 Å². The zero-order valence-electron chi connectivity index (χ0n) is 16.7. The molecule has 0 aliphatic heterocycles. The first-order valence-electron chi connectivity index (χ1n) is 9.67. The molecule has 3 rings (SSSR count). The smallest absolute Gasteiger partial charge is 0.134 e. The van der Waals surface area contributed by atoms with Crippen molar-refractivity contribution in [2.45, 2.75) is 31.4 Å². The van der Waals surface area contributed by atoms with Gasteiger partial charge in [0.15, 0.2) is 0 Å². The summed E-state index contributed by atoms with van der Waals surface area (Å²) in [5.41, 5.74) is 13.4. The molecule has 30 heavy (non-hydrogen) atoms. The number of hydrogen-bond donors (Lipinski definition) is 5. The van der Waals surface area contributed by atoms with Crippen molar-refractivity contribution in [2.24, 2.45) is 16.5 Å². The van der Waals surface area contributed by atoms with E-state index in [9.17, 15) is 9.50 Å². The Hall–Kier alpha value is -3.39. The highest BCUT2D eigenvalue weighted by Gasteiger charge is 2.25. The molecular formula is C22H26FN5O2. The predicted octanol–water partition coefficient (Wildman–Crippen LogP) is 2.76. The summed E-state index contributed by atoms with van der Waals surface area (Å²) in [6, 6.07) is 12.7. The van der Waals surface area contributed by atoms with Gasteiger partial charge in [-0.05, 0) is 73.4 Å². The summed E-state index contributed by atoms with van der Waals surface area (Å²) >= 11 is 0. The van der Waals surface area contributed by atoms with Crippen molar-refractivity contribution in [1.82, 2.24) is 5.32 Å². The number of benzene rings is 2. The Morgan fingerprint density at radius 1 is 1.10 bits per heavy atom. The molecule has 0 amide bonds. The zero-order chi connectivity index (χ0) is 21.7. The summed E-state index contributed by atoms with van der Waals surface area (Å²) in [5.74, 6) is 0.962. The quantitative estimate of drug-likeness (QED) is 0.369. The number of aliphatic hydroxyl groups excluding tert-OH is 1. The largest absolute Gasteiger partial charge is 0.457 e. The Balaban J connectivity index is 1.81. The molecule has 1 saturated carbocycles. The highest BCUT2D eigenvalue weighted by atomic mass is 19.1. The summed E-state index contributed by atoms with van der Waals surface area (Å²) in [6.45, 7) is 0. The van der Waals surface area contributed by atoms with Crippen molar-refractivity contribution >= 4 is 17.4 Å². The van der Waals surface area contributed by atoms with E-state index in [2.05, 4.69) is 10.3 Å². The minimum absolute atomic E-state index is 0.0485. The van der Waals surface area contributed by atoms with Crippen LogP contribution in [0.2, 0.25) is 0 Å². The van der Waals surface area contributed by atoms with Crippen molar-refractivity contribution < 1.29 is 14.2 Å². The van der Waals surface area contributed by atoms with Crippen molar-refractivity contribution in [3.8, 4) is 11.5 Å². The lowest BCUT2D eigenvalue weighted by Gasteiger charge is -2.19. The van der Waals surface area contributed by atoms with Gasteiger partial charge >= 0.3 is 0 Å². The molecule has 0 spiro atoms. The van der Waals surface area contributed by atoms with Gasteiger partial charge in [-0.1, -0.05) is 0 Å². The van der Waals surface area contributed by atoms with Gasteiger partial charge in [-0.15, -0.1) is 0 Å². The normalized spacial score (nSPS) is 19.9. The summed E-state index contributed by atoms with van der Waals surface area (Å²) in [5, 5.41) is 21.0. The maximum Gasteiger partial charge on any atom is 0.134 e. The number of halogens is 1. The van der Waals surface area contributed by atoms with Crippen LogP contribution in [0, 0.1) is 11.2 Å². The third-order valence-electron chi connectivity index (χ3n) is 4.96. The number of amidine groups is 2.